The highest BCUT2D eigenvalue weighted by molar-refractivity contribution is 7.89. The minimum absolute atomic E-state index is 0.0573. The fraction of sp³-hybridized carbons (Fsp3) is 0.500. The van der Waals surface area contributed by atoms with E-state index >= 15 is 0 Å². The number of fused-ring (bicyclic) bond motifs is 1. The van der Waals surface area contributed by atoms with Gasteiger partial charge in [0.15, 0.2) is 0 Å². The number of nitrogens with one attached hydrogen (secondary N) is 1. The zero-order valence-corrected chi connectivity index (χ0v) is 12.3. The molecule has 0 aromatic heterocycles. The summed E-state index contributed by atoms with van der Waals surface area (Å²) in [6.45, 7) is 0.507. The van der Waals surface area contributed by atoms with E-state index in [4.69, 9.17) is 4.74 Å². The van der Waals surface area contributed by atoms with Crippen molar-refractivity contribution in [3.8, 4) is 5.75 Å². The van der Waals surface area contributed by atoms with Crippen LogP contribution >= 0.6 is 0 Å². The quantitative estimate of drug-likeness (QED) is 0.851. The van der Waals surface area contributed by atoms with Gasteiger partial charge in [-0.25, -0.2) is 13.1 Å². The summed E-state index contributed by atoms with van der Waals surface area (Å²) < 4.78 is 32.4. The van der Waals surface area contributed by atoms with Crippen LogP contribution in [-0.4, -0.2) is 32.6 Å². The van der Waals surface area contributed by atoms with Gasteiger partial charge in [-0.1, -0.05) is 6.42 Å². The number of carbonyl (C=O) groups is 1. The molecular weight excluding hydrogens is 294 g/mol. The van der Waals surface area contributed by atoms with E-state index in [1.54, 1.807) is 12.1 Å². The molecule has 2 aliphatic rings. The first-order valence-electron chi connectivity index (χ1n) is 6.92. The van der Waals surface area contributed by atoms with Crippen LogP contribution in [-0.2, 0) is 21.2 Å². The molecule has 1 saturated carbocycles. The Morgan fingerprint density at radius 2 is 2.14 bits per heavy atom. The summed E-state index contributed by atoms with van der Waals surface area (Å²) in [6, 6.07) is 4.73. The number of hydrogen-bond acceptors (Lipinski definition) is 4. The van der Waals surface area contributed by atoms with Crippen LogP contribution < -0.4 is 9.46 Å². The summed E-state index contributed by atoms with van der Waals surface area (Å²) in [6.07, 6.45) is 2.55. The monoisotopic (exact) mass is 311 g/mol. The summed E-state index contributed by atoms with van der Waals surface area (Å²) in [5, 5.41) is 9.23. The number of carboxylic acid groups (broad SMARTS) is 1. The summed E-state index contributed by atoms with van der Waals surface area (Å²) in [5.74, 6) is -0.214. The summed E-state index contributed by atoms with van der Waals surface area (Å²) in [4.78, 5) is 11.4. The van der Waals surface area contributed by atoms with Gasteiger partial charge in [0, 0.05) is 13.0 Å². The predicted molar refractivity (Wildman–Crippen MR) is 74.7 cm³/mol. The molecule has 0 bridgehead atoms. The number of benzene rings is 1. The normalized spacial score (nSPS) is 19.4. The van der Waals surface area contributed by atoms with Crippen LogP contribution in [0.2, 0.25) is 0 Å². The fourth-order valence-electron chi connectivity index (χ4n) is 2.72. The lowest BCUT2D eigenvalue weighted by Gasteiger charge is -2.37. The van der Waals surface area contributed by atoms with Crippen molar-refractivity contribution in [2.75, 3.05) is 13.2 Å². The molecular formula is C14H17NO5S. The Hall–Kier alpha value is -1.60. The Bertz CT molecular complexity index is 679. The molecule has 2 N–H and O–H groups in total. The van der Waals surface area contributed by atoms with Gasteiger partial charge in [0.1, 0.15) is 5.75 Å². The zero-order chi connectivity index (χ0) is 15.1. The predicted octanol–water partition coefficient (Wildman–Crippen LogP) is 1.15. The average molecular weight is 311 g/mol. The first kappa shape index (κ1) is 14.3. The Balaban J connectivity index is 1.76. The largest absolute Gasteiger partial charge is 0.493 e. The van der Waals surface area contributed by atoms with Crippen LogP contribution in [0.1, 0.15) is 24.8 Å². The second-order valence-electron chi connectivity index (χ2n) is 5.63. The molecule has 21 heavy (non-hydrogen) atoms. The Morgan fingerprint density at radius 1 is 1.38 bits per heavy atom. The second kappa shape index (κ2) is 4.99. The van der Waals surface area contributed by atoms with Crippen molar-refractivity contribution < 1.29 is 23.1 Å². The van der Waals surface area contributed by atoms with Gasteiger partial charge in [-0.15, -0.1) is 0 Å². The molecule has 1 heterocycles. The lowest BCUT2D eigenvalue weighted by Crippen LogP contribution is -2.47. The molecule has 1 fully saturated rings. The van der Waals surface area contributed by atoms with Crippen molar-refractivity contribution in [2.24, 2.45) is 5.41 Å². The van der Waals surface area contributed by atoms with Gasteiger partial charge in [-0.2, -0.15) is 0 Å². The van der Waals surface area contributed by atoms with Crippen LogP contribution in [0.15, 0.2) is 23.1 Å². The van der Waals surface area contributed by atoms with Crippen molar-refractivity contribution >= 4 is 16.0 Å². The zero-order valence-electron chi connectivity index (χ0n) is 11.5. The van der Waals surface area contributed by atoms with Crippen molar-refractivity contribution in [2.45, 2.75) is 30.6 Å². The van der Waals surface area contributed by atoms with E-state index in [9.17, 15) is 18.3 Å². The number of sulfonamides is 1. The highest BCUT2D eigenvalue weighted by Gasteiger charge is 2.45. The molecule has 0 saturated heterocycles. The van der Waals surface area contributed by atoms with Crippen molar-refractivity contribution in [1.82, 2.24) is 4.72 Å². The third kappa shape index (κ3) is 2.51. The molecule has 0 spiro atoms. The minimum Gasteiger partial charge on any atom is -0.493 e. The molecule has 0 atom stereocenters. The molecule has 1 aromatic carbocycles. The molecule has 7 heteroatoms. The SMILES string of the molecule is O=C(O)C1(CNS(=O)(=O)c2ccc3c(c2)CCO3)CCC1. The second-order valence-corrected chi connectivity index (χ2v) is 7.40. The van der Waals surface area contributed by atoms with Gasteiger partial charge < -0.3 is 9.84 Å². The van der Waals surface area contributed by atoms with E-state index in [-0.39, 0.29) is 11.4 Å². The maximum Gasteiger partial charge on any atom is 0.310 e. The van der Waals surface area contributed by atoms with E-state index < -0.39 is 21.4 Å². The number of rotatable bonds is 5. The Morgan fingerprint density at radius 3 is 2.76 bits per heavy atom. The standard InChI is InChI=1S/C14H17NO5S/c16-13(17)14(5-1-6-14)9-15-21(18,19)11-2-3-12-10(8-11)4-7-20-12/h2-3,8,15H,1,4-7,9H2,(H,16,17). The van der Waals surface area contributed by atoms with E-state index in [2.05, 4.69) is 4.72 Å². The van der Waals surface area contributed by atoms with E-state index in [0.717, 1.165) is 17.7 Å². The number of carboxylic acids is 1. The Kier molecular flexibility index (Phi) is 3.41. The van der Waals surface area contributed by atoms with E-state index in [1.807, 2.05) is 0 Å². The number of aliphatic carboxylic acids is 1. The first-order valence-corrected chi connectivity index (χ1v) is 8.40. The number of ether oxygens (including phenoxy) is 1. The van der Waals surface area contributed by atoms with E-state index in [1.165, 1.54) is 6.07 Å². The molecule has 3 rings (SSSR count). The molecule has 1 aliphatic carbocycles. The third-order valence-electron chi connectivity index (χ3n) is 4.34. The van der Waals surface area contributed by atoms with Crippen molar-refractivity contribution in [3.63, 3.8) is 0 Å². The molecule has 0 unspecified atom stereocenters. The Labute approximate surface area is 123 Å². The lowest BCUT2D eigenvalue weighted by molar-refractivity contribution is -0.153. The highest BCUT2D eigenvalue weighted by atomic mass is 32.2. The van der Waals surface area contributed by atoms with Crippen LogP contribution in [0.25, 0.3) is 0 Å². The van der Waals surface area contributed by atoms with Gasteiger partial charge in [-0.05, 0) is 36.6 Å². The molecule has 0 amide bonds. The average Bonchev–Trinajstić information content (AvgIpc) is 2.83. The number of hydrogen-bond donors (Lipinski definition) is 2. The van der Waals surface area contributed by atoms with Crippen LogP contribution in [0.5, 0.6) is 5.75 Å². The lowest BCUT2D eigenvalue weighted by atomic mass is 9.69. The fourth-order valence-corrected chi connectivity index (χ4v) is 3.89. The molecule has 6 nitrogen and oxygen atoms in total. The highest BCUT2D eigenvalue weighted by Crippen LogP contribution is 2.40. The molecule has 0 radical (unpaired) electrons. The maximum atomic E-state index is 12.3. The third-order valence-corrected chi connectivity index (χ3v) is 5.74. The van der Waals surface area contributed by atoms with Gasteiger partial charge in [-0.3, -0.25) is 4.79 Å². The van der Waals surface area contributed by atoms with Crippen LogP contribution in [0.3, 0.4) is 0 Å². The van der Waals surface area contributed by atoms with Gasteiger partial charge in [0.25, 0.3) is 0 Å². The summed E-state index contributed by atoms with van der Waals surface area (Å²) in [5.41, 5.74) is -0.0677. The van der Waals surface area contributed by atoms with E-state index in [0.29, 0.717) is 25.9 Å². The molecule has 1 aliphatic heterocycles. The van der Waals surface area contributed by atoms with Crippen LogP contribution in [0.4, 0.5) is 0 Å². The topological polar surface area (TPSA) is 92.7 Å². The minimum atomic E-state index is -3.69. The maximum absolute atomic E-state index is 12.3. The van der Waals surface area contributed by atoms with Gasteiger partial charge >= 0.3 is 5.97 Å². The van der Waals surface area contributed by atoms with Crippen molar-refractivity contribution in [3.05, 3.63) is 23.8 Å². The van der Waals surface area contributed by atoms with Gasteiger partial charge in [0.05, 0.1) is 16.9 Å². The van der Waals surface area contributed by atoms with Gasteiger partial charge in [0.2, 0.25) is 10.0 Å². The van der Waals surface area contributed by atoms with Crippen LogP contribution in [0, 0.1) is 5.41 Å². The summed E-state index contributed by atoms with van der Waals surface area (Å²) >= 11 is 0. The molecule has 1 aromatic rings. The molecule has 114 valence electrons. The summed E-state index contributed by atoms with van der Waals surface area (Å²) in [7, 11) is -3.69. The van der Waals surface area contributed by atoms with Crippen molar-refractivity contribution in [1.29, 1.82) is 0 Å². The first-order chi connectivity index (χ1) is 9.93. The smallest absolute Gasteiger partial charge is 0.310 e.